The summed E-state index contributed by atoms with van der Waals surface area (Å²) < 4.78 is 12.5. The largest absolute Gasteiger partial charge is 0.369 e. The maximum atomic E-state index is 11.4. The number of rotatable bonds is 3. The predicted molar refractivity (Wildman–Crippen MR) is 81.6 cm³/mol. The molecule has 0 saturated carbocycles. The minimum absolute atomic E-state index is 0.156. The smallest absolute Gasteiger partial charge is 0.0411 e. The molecule has 0 radical (unpaired) electrons. The second-order valence-corrected chi connectivity index (χ2v) is 7.40. The summed E-state index contributed by atoms with van der Waals surface area (Å²) in [7, 11) is -0.635. The van der Waals surface area contributed by atoms with Crippen molar-refractivity contribution in [3.05, 3.63) is 28.2 Å². The Kier molecular flexibility index (Phi) is 4.81. The van der Waals surface area contributed by atoms with Gasteiger partial charge in [-0.2, -0.15) is 0 Å². The number of benzene rings is 1. The van der Waals surface area contributed by atoms with E-state index >= 15 is 0 Å². The second-order valence-electron chi connectivity index (χ2n) is 4.79. The zero-order valence-corrected chi connectivity index (χ0v) is 13.0. The molecule has 1 atom stereocenters. The first-order valence-electron chi connectivity index (χ1n) is 6.20. The van der Waals surface area contributed by atoms with Crippen LogP contribution in [0.2, 0.25) is 0 Å². The van der Waals surface area contributed by atoms with E-state index in [4.69, 9.17) is 5.73 Å². The van der Waals surface area contributed by atoms with Crippen molar-refractivity contribution in [2.24, 2.45) is 5.73 Å². The van der Waals surface area contributed by atoms with Crippen molar-refractivity contribution in [1.82, 2.24) is 0 Å². The van der Waals surface area contributed by atoms with E-state index in [2.05, 4.69) is 39.0 Å². The number of nitrogens with two attached hydrogens (primary N) is 1. The molecule has 5 heteroatoms. The fourth-order valence-electron chi connectivity index (χ4n) is 2.23. The van der Waals surface area contributed by atoms with Crippen LogP contribution in [0.15, 0.2) is 22.7 Å². The van der Waals surface area contributed by atoms with Gasteiger partial charge in [-0.15, -0.1) is 0 Å². The van der Waals surface area contributed by atoms with E-state index in [1.165, 1.54) is 11.3 Å². The molecule has 0 bridgehead atoms. The maximum absolute atomic E-state index is 11.4. The molecule has 1 fully saturated rings. The number of halogens is 1. The number of anilines is 1. The zero-order valence-electron chi connectivity index (χ0n) is 10.6. The molecule has 0 aromatic heterocycles. The molecule has 1 aliphatic rings. The molecular weight excluding hydrogens is 312 g/mol. The third-order valence-corrected chi connectivity index (χ3v) is 4.88. The van der Waals surface area contributed by atoms with Crippen LogP contribution in [0.3, 0.4) is 0 Å². The summed E-state index contributed by atoms with van der Waals surface area (Å²) in [5, 5.41) is 0. The van der Waals surface area contributed by atoms with Crippen molar-refractivity contribution in [3.63, 3.8) is 0 Å². The molecule has 2 N–H and O–H groups in total. The second kappa shape index (κ2) is 6.17. The topological polar surface area (TPSA) is 46.3 Å². The quantitative estimate of drug-likeness (QED) is 0.920. The van der Waals surface area contributed by atoms with Crippen LogP contribution in [0.5, 0.6) is 0 Å². The normalized spacial score (nSPS) is 18.9. The first-order valence-corrected chi connectivity index (χ1v) is 8.48. The van der Waals surface area contributed by atoms with Crippen LogP contribution < -0.4 is 10.6 Å². The molecule has 0 amide bonds. The molecule has 1 aromatic carbocycles. The highest BCUT2D eigenvalue weighted by Gasteiger charge is 2.18. The lowest BCUT2D eigenvalue weighted by Gasteiger charge is -2.30. The zero-order chi connectivity index (χ0) is 13.1. The Morgan fingerprint density at radius 1 is 1.44 bits per heavy atom. The monoisotopic (exact) mass is 330 g/mol. The Morgan fingerprint density at radius 3 is 2.72 bits per heavy atom. The third kappa shape index (κ3) is 3.56. The molecule has 0 spiro atoms. The molecule has 2 rings (SSSR count). The molecule has 1 saturated heterocycles. The van der Waals surface area contributed by atoms with E-state index in [9.17, 15) is 4.21 Å². The van der Waals surface area contributed by atoms with Crippen LogP contribution in [-0.4, -0.2) is 34.8 Å². The van der Waals surface area contributed by atoms with Crippen molar-refractivity contribution in [2.75, 3.05) is 29.5 Å². The van der Waals surface area contributed by atoms with E-state index in [0.29, 0.717) is 0 Å². The fraction of sp³-hybridized carbons (Fsp3) is 0.538. The van der Waals surface area contributed by atoms with Gasteiger partial charge in [0.2, 0.25) is 0 Å². The molecule has 1 heterocycles. The highest BCUT2D eigenvalue weighted by atomic mass is 79.9. The Balaban J connectivity index is 2.24. The number of hydrogen-bond acceptors (Lipinski definition) is 3. The fourth-order valence-corrected chi connectivity index (χ4v) is 3.63. The summed E-state index contributed by atoms with van der Waals surface area (Å²) >= 11 is 3.52. The van der Waals surface area contributed by atoms with E-state index < -0.39 is 10.8 Å². The van der Waals surface area contributed by atoms with Gasteiger partial charge in [-0.3, -0.25) is 4.21 Å². The third-order valence-electron chi connectivity index (χ3n) is 3.11. The van der Waals surface area contributed by atoms with Gasteiger partial charge in [0.15, 0.2) is 0 Å². The van der Waals surface area contributed by atoms with Gasteiger partial charge >= 0.3 is 0 Å². The maximum Gasteiger partial charge on any atom is 0.0411 e. The molecule has 100 valence electrons. The average Bonchev–Trinajstić information content (AvgIpc) is 2.32. The van der Waals surface area contributed by atoms with Gasteiger partial charge in [-0.1, -0.05) is 22.0 Å². The SMILES string of the molecule is CC(N)Cc1ccc(Br)cc1N1CCS(=O)CC1. The lowest BCUT2D eigenvalue weighted by Crippen LogP contribution is -2.38. The average molecular weight is 331 g/mol. The van der Waals surface area contributed by atoms with Crippen molar-refractivity contribution < 1.29 is 4.21 Å². The summed E-state index contributed by atoms with van der Waals surface area (Å²) in [5.41, 5.74) is 8.42. The van der Waals surface area contributed by atoms with E-state index in [1.807, 2.05) is 6.92 Å². The van der Waals surface area contributed by atoms with Crippen LogP contribution in [0, 0.1) is 0 Å². The van der Waals surface area contributed by atoms with Gasteiger partial charge in [-0.25, -0.2) is 0 Å². The minimum atomic E-state index is -0.635. The number of hydrogen-bond donors (Lipinski definition) is 1. The molecule has 1 unspecified atom stereocenters. The van der Waals surface area contributed by atoms with E-state index in [0.717, 1.165) is 35.5 Å². The molecular formula is C13H19BrN2OS. The van der Waals surface area contributed by atoms with Gasteiger partial charge in [0.05, 0.1) is 0 Å². The Bertz CT molecular complexity index is 441. The Labute approximate surface area is 119 Å². The van der Waals surface area contributed by atoms with Gasteiger partial charge < -0.3 is 10.6 Å². The summed E-state index contributed by atoms with van der Waals surface area (Å²) in [6, 6.07) is 6.49. The van der Waals surface area contributed by atoms with Crippen LogP contribution >= 0.6 is 15.9 Å². The van der Waals surface area contributed by atoms with Gasteiger partial charge in [0.25, 0.3) is 0 Å². The highest BCUT2D eigenvalue weighted by Crippen LogP contribution is 2.27. The lowest BCUT2D eigenvalue weighted by atomic mass is 10.0. The number of nitrogens with zero attached hydrogens (tertiary/aromatic N) is 1. The summed E-state index contributed by atoms with van der Waals surface area (Å²) in [5.74, 6) is 1.54. The van der Waals surface area contributed by atoms with Crippen molar-refractivity contribution in [2.45, 2.75) is 19.4 Å². The van der Waals surface area contributed by atoms with Gasteiger partial charge in [0, 0.05) is 51.6 Å². The molecule has 18 heavy (non-hydrogen) atoms. The minimum Gasteiger partial charge on any atom is -0.369 e. The Hall–Kier alpha value is -0.390. The standard InChI is InChI=1S/C13H19BrN2OS/c1-10(15)8-11-2-3-12(14)9-13(11)16-4-6-18(17)7-5-16/h2-3,9-10H,4-8,15H2,1H3. The molecule has 1 aliphatic heterocycles. The van der Waals surface area contributed by atoms with Crippen LogP contribution in [0.25, 0.3) is 0 Å². The lowest BCUT2D eigenvalue weighted by molar-refractivity contribution is 0.672. The Morgan fingerprint density at radius 2 is 2.11 bits per heavy atom. The highest BCUT2D eigenvalue weighted by molar-refractivity contribution is 9.10. The van der Waals surface area contributed by atoms with Gasteiger partial charge in [-0.05, 0) is 31.0 Å². The summed E-state index contributed by atoms with van der Waals surface area (Å²) in [4.78, 5) is 2.32. The van der Waals surface area contributed by atoms with Gasteiger partial charge in [0.1, 0.15) is 0 Å². The van der Waals surface area contributed by atoms with Crippen LogP contribution in [-0.2, 0) is 17.2 Å². The van der Waals surface area contributed by atoms with Crippen molar-refractivity contribution in [3.8, 4) is 0 Å². The molecule has 3 nitrogen and oxygen atoms in total. The van der Waals surface area contributed by atoms with Crippen LogP contribution in [0.4, 0.5) is 5.69 Å². The van der Waals surface area contributed by atoms with E-state index in [-0.39, 0.29) is 6.04 Å². The first kappa shape index (κ1) is 14.0. The van der Waals surface area contributed by atoms with E-state index in [1.54, 1.807) is 0 Å². The first-order chi connectivity index (χ1) is 8.56. The van der Waals surface area contributed by atoms with Crippen LogP contribution in [0.1, 0.15) is 12.5 Å². The molecule has 0 aliphatic carbocycles. The predicted octanol–water partition coefficient (Wildman–Crippen LogP) is 1.91. The molecule has 1 aromatic rings. The van der Waals surface area contributed by atoms with Crippen molar-refractivity contribution in [1.29, 1.82) is 0 Å². The summed E-state index contributed by atoms with van der Waals surface area (Å²) in [6.07, 6.45) is 0.877. The summed E-state index contributed by atoms with van der Waals surface area (Å²) in [6.45, 7) is 3.76. The van der Waals surface area contributed by atoms with Crippen molar-refractivity contribution >= 4 is 32.4 Å².